The van der Waals surface area contributed by atoms with Crippen molar-refractivity contribution in [1.29, 1.82) is 0 Å². The van der Waals surface area contributed by atoms with Crippen LogP contribution in [0.25, 0.3) is 0 Å². The van der Waals surface area contributed by atoms with E-state index in [0.717, 1.165) is 6.07 Å². The lowest BCUT2D eigenvalue weighted by Gasteiger charge is -2.15. The van der Waals surface area contributed by atoms with Crippen molar-refractivity contribution in [2.75, 3.05) is 19.7 Å². The van der Waals surface area contributed by atoms with E-state index in [2.05, 4.69) is 4.98 Å². The van der Waals surface area contributed by atoms with Crippen molar-refractivity contribution in [3.05, 3.63) is 24.1 Å². The highest BCUT2D eigenvalue weighted by Crippen LogP contribution is 2.24. The Bertz CT molecular complexity index is 506. The summed E-state index contributed by atoms with van der Waals surface area (Å²) in [6, 6.07) is 2.41. The normalized spacial score (nSPS) is 21.9. The molecule has 0 spiro atoms. The van der Waals surface area contributed by atoms with Crippen molar-refractivity contribution in [3.63, 3.8) is 0 Å². The standard InChI is InChI=1S/C10H13FN2O3S/c11-9-2-1-4-12-10(9)17(15,16)13-5-3-8(6-13)7-14/h1-2,4,8,14H,3,5-7H2. The molecule has 1 saturated heterocycles. The highest BCUT2D eigenvalue weighted by Gasteiger charge is 2.34. The highest BCUT2D eigenvalue weighted by atomic mass is 32.2. The maximum Gasteiger partial charge on any atom is 0.263 e. The molecule has 0 aromatic carbocycles. The Morgan fingerprint density at radius 3 is 2.94 bits per heavy atom. The van der Waals surface area contributed by atoms with E-state index in [-0.39, 0.29) is 19.1 Å². The maximum atomic E-state index is 13.4. The van der Waals surface area contributed by atoms with Gasteiger partial charge in [0, 0.05) is 25.9 Å². The Hall–Kier alpha value is -1.05. The zero-order valence-electron chi connectivity index (χ0n) is 9.08. The van der Waals surface area contributed by atoms with Crippen LogP contribution in [0.1, 0.15) is 6.42 Å². The lowest BCUT2D eigenvalue weighted by atomic mass is 10.1. The van der Waals surface area contributed by atoms with E-state index >= 15 is 0 Å². The Balaban J connectivity index is 2.29. The Morgan fingerprint density at radius 2 is 2.35 bits per heavy atom. The van der Waals surface area contributed by atoms with Crippen molar-refractivity contribution in [1.82, 2.24) is 9.29 Å². The molecule has 0 bridgehead atoms. The molecule has 0 aliphatic carbocycles. The summed E-state index contributed by atoms with van der Waals surface area (Å²) in [5.74, 6) is -0.920. The molecule has 1 aromatic rings. The smallest absolute Gasteiger partial charge is 0.263 e. The van der Waals surface area contributed by atoms with Crippen LogP contribution in [0.15, 0.2) is 23.4 Å². The summed E-state index contributed by atoms with van der Waals surface area (Å²) in [6.07, 6.45) is 1.83. The molecule has 1 aliphatic rings. The SMILES string of the molecule is O=S(=O)(c1ncccc1F)N1CCC(CO)C1. The molecule has 2 rings (SSSR count). The summed E-state index contributed by atoms with van der Waals surface area (Å²) in [5, 5.41) is 8.42. The molecule has 0 saturated carbocycles. The molecular formula is C10H13FN2O3S. The number of hydrogen-bond donors (Lipinski definition) is 1. The predicted molar refractivity (Wildman–Crippen MR) is 58.1 cm³/mol. The first-order valence-electron chi connectivity index (χ1n) is 5.27. The van der Waals surface area contributed by atoms with Gasteiger partial charge in [0.2, 0.25) is 5.03 Å². The van der Waals surface area contributed by atoms with Gasteiger partial charge >= 0.3 is 0 Å². The molecule has 5 nitrogen and oxygen atoms in total. The molecule has 0 radical (unpaired) electrons. The van der Waals surface area contributed by atoms with Crippen molar-refractivity contribution in [2.24, 2.45) is 5.92 Å². The quantitative estimate of drug-likeness (QED) is 0.844. The summed E-state index contributed by atoms with van der Waals surface area (Å²) >= 11 is 0. The largest absolute Gasteiger partial charge is 0.396 e. The maximum absolute atomic E-state index is 13.4. The Morgan fingerprint density at radius 1 is 1.59 bits per heavy atom. The van der Waals surface area contributed by atoms with Crippen LogP contribution in [0.5, 0.6) is 0 Å². The van der Waals surface area contributed by atoms with Gasteiger partial charge in [-0.1, -0.05) is 0 Å². The Labute approximate surface area is 99.0 Å². The number of nitrogens with zero attached hydrogens (tertiary/aromatic N) is 2. The first-order chi connectivity index (χ1) is 8.05. The second kappa shape index (κ2) is 4.67. The second-order valence-electron chi connectivity index (χ2n) is 3.99. The number of aliphatic hydroxyl groups is 1. The number of aliphatic hydroxyl groups excluding tert-OH is 1. The number of halogens is 1. The van der Waals surface area contributed by atoms with Crippen LogP contribution >= 0.6 is 0 Å². The van der Waals surface area contributed by atoms with Gasteiger partial charge in [0.05, 0.1) is 0 Å². The average Bonchev–Trinajstić information content (AvgIpc) is 2.78. The minimum Gasteiger partial charge on any atom is -0.396 e. The molecule has 1 N–H and O–H groups in total. The van der Waals surface area contributed by atoms with Gasteiger partial charge in [0.25, 0.3) is 10.0 Å². The molecule has 94 valence electrons. The van der Waals surface area contributed by atoms with E-state index in [1.807, 2.05) is 0 Å². The van der Waals surface area contributed by atoms with Crippen LogP contribution < -0.4 is 0 Å². The molecule has 17 heavy (non-hydrogen) atoms. The highest BCUT2D eigenvalue weighted by molar-refractivity contribution is 7.89. The number of rotatable bonds is 3. The molecule has 1 unspecified atom stereocenters. The second-order valence-corrected chi connectivity index (χ2v) is 5.84. The summed E-state index contributed by atoms with van der Waals surface area (Å²) in [6.45, 7) is 0.454. The minimum absolute atomic E-state index is 0.0588. The van der Waals surface area contributed by atoms with Crippen molar-refractivity contribution >= 4 is 10.0 Å². The van der Waals surface area contributed by atoms with Gasteiger partial charge in [-0.25, -0.2) is 17.8 Å². The van der Waals surface area contributed by atoms with Crippen molar-refractivity contribution < 1.29 is 17.9 Å². The van der Waals surface area contributed by atoms with Gasteiger partial charge in [0.1, 0.15) is 0 Å². The molecule has 1 atom stereocenters. The summed E-state index contributed by atoms with van der Waals surface area (Å²) in [5.41, 5.74) is 0. The fraction of sp³-hybridized carbons (Fsp3) is 0.500. The van der Waals surface area contributed by atoms with Gasteiger partial charge in [0.15, 0.2) is 5.82 Å². The monoisotopic (exact) mass is 260 g/mol. The minimum atomic E-state index is -3.88. The third-order valence-electron chi connectivity index (χ3n) is 2.82. The first kappa shape index (κ1) is 12.4. The third-order valence-corrected chi connectivity index (χ3v) is 4.62. The zero-order valence-corrected chi connectivity index (χ0v) is 9.90. The summed E-state index contributed by atoms with van der Waals surface area (Å²) in [7, 11) is -3.88. The number of pyridine rings is 1. The van der Waals surface area contributed by atoms with E-state index in [1.54, 1.807) is 0 Å². The van der Waals surface area contributed by atoms with E-state index in [1.165, 1.54) is 16.6 Å². The molecular weight excluding hydrogens is 247 g/mol. The number of hydrogen-bond acceptors (Lipinski definition) is 4. The zero-order chi connectivity index (χ0) is 12.5. The molecule has 1 fully saturated rings. The van der Waals surface area contributed by atoms with Crippen molar-refractivity contribution in [3.8, 4) is 0 Å². The first-order valence-corrected chi connectivity index (χ1v) is 6.71. The average molecular weight is 260 g/mol. The van der Waals surface area contributed by atoms with Gasteiger partial charge in [-0.15, -0.1) is 0 Å². The van der Waals surface area contributed by atoms with Gasteiger partial charge in [-0.3, -0.25) is 0 Å². The molecule has 2 heterocycles. The lowest BCUT2D eigenvalue weighted by molar-refractivity contribution is 0.233. The van der Waals surface area contributed by atoms with Crippen LogP contribution in [0.3, 0.4) is 0 Å². The van der Waals surface area contributed by atoms with Crippen LogP contribution in [-0.2, 0) is 10.0 Å². The fourth-order valence-electron chi connectivity index (χ4n) is 1.85. The van der Waals surface area contributed by atoms with E-state index < -0.39 is 20.9 Å². The van der Waals surface area contributed by atoms with Crippen LogP contribution in [0.2, 0.25) is 0 Å². The van der Waals surface area contributed by atoms with Gasteiger partial charge in [-0.2, -0.15) is 4.31 Å². The Kier molecular flexibility index (Phi) is 3.41. The van der Waals surface area contributed by atoms with Crippen LogP contribution in [-0.4, -0.2) is 42.5 Å². The molecule has 1 aromatic heterocycles. The van der Waals surface area contributed by atoms with E-state index in [0.29, 0.717) is 13.0 Å². The third kappa shape index (κ3) is 2.31. The fourth-order valence-corrected chi connectivity index (χ4v) is 3.35. The van der Waals surface area contributed by atoms with E-state index in [9.17, 15) is 12.8 Å². The molecule has 0 amide bonds. The van der Waals surface area contributed by atoms with E-state index in [4.69, 9.17) is 5.11 Å². The predicted octanol–water partition coefficient (Wildman–Crippen LogP) is 0.224. The van der Waals surface area contributed by atoms with Crippen molar-refractivity contribution in [2.45, 2.75) is 11.4 Å². The van der Waals surface area contributed by atoms with Crippen LogP contribution in [0, 0.1) is 11.7 Å². The summed E-state index contributed by atoms with van der Waals surface area (Å²) in [4.78, 5) is 3.58. The topological polar surface area (TPSA) is 70.5 Å². The van der Waals surface area contributed by atoms with Crippen LogP contribution in [0.4, 0.5) is 4.39 Å². The number of sulfonamides is 1. The van der Waals surface area contributed by atoms with Gasteiger partial charge < -0.3 is 5.11 Å². The summed E-state index contributed by atoms with van der Waals surface area (Å²) < 4.78 is 38.7. The van der Waals surface area contributed by atoms with Gasteiger partial charge in [-0.05, 0) is 24.5 Å². The molecule has 1 aliphatic heterocycles. The number of aromatic nitrogens is 1. The molecule has 7 heteroatoms. The lowest BCUT2D eigenvalue weighted by Crippen LogP contribution is -2.30.